The van der Waals surface area contributed by atoms with Gasteiger partial charge in [0.25, 0.3) is 5.91 Å². The van der Waals surface area contributed by atoms with Gasteiger partial charge in [-0.15, -0.1) is 0 Å². The fourth-order valence-electron chi connectivity index (χ4n) is 3.14. The summed E-state index contributed by atoms with van der Waals surface area (Å²) in [4.78, 5) is 28.9. The number of nitrogens with zero attached hydrogens (tertiary/aromatic N) is 1. The third-order valence-corrected chi connectivity index (χ3v) is 4.97. The van der Waals surface area contributed by atoms with Gasteiger partial charge in [0.2, 0.25) is 11.8 Å². The number of amides is 2. The van der Waals surface area contributed by atoms with Crippen molar-refractivity contribution < 1.29 is 14.0 Å². The minimum absolute atomic E-state index is 0.132. The van der Waals surface area contributed by atoms with Crippen LogP contribution in [0.25, 0.3) is 0 Å². The number of carbonyl (C=O) groups excluding carboxylic acids is 2. The number of carbonyl (C=O) groups is 2. The van der Waals surface area contributed by atoms with Gasteiger partial charge in [0, 0.05) is 6.54 Å². The predicted octanol–water partition coefficient (Wildman–Crippen LogP) is 3.95. The van der Waals surface area contributed by atoms with E-state index in [0.717, 1.165) is 16.7 Å². The van der Waals surface area contributed by atoms with Crippen molar-refractivity contribution in [3.63, 3.8) is 0 Å². The molecule has 3 rings (SSSR count). The molecule has 0 saturated carbocycles. The average molecular weight is 405 g/mol. The zero-order valence-electron chi connectivity index (χ0n) is 17.8. The predicted molar refractivity (Wildman–Crippen MR) is 115 cm³/mol. The molecular formula is C24H27N3O3. The van der Waals surface area contributed by atoms with Crippen LogP contribution in [0.3, 0.4) is 0 Å². The lowest BCUT2D eigenvalue weighted by Crippen LogP contribution is -2.28. The van der Waals surface area contributed by atoms with Gasteiger partial charge >= 0.3 is 0 Å². The molecule has 0 saturated heterocycles. The van der Waals surface area contributed by atoms with Crippen LogP contribution < -0.4 is 10.6 Å². The number of benzene rings is 2. The van der Waals surface area contributed by atoms with Crippen molar-refractivity contribution in [2.75, 3.05) is 0 Å². The number of rotatable bonds is 7. The number of oxazole rings is 1. The van der Waals surface area contributed by atoms with Crippen LogP contribution in [0.2, 0.25) is 0 Å². The van der Waals surface area contributed by atoms with E-state index in [9.17, 15) is 9.59 Å². The van der Waals surface area contributed by atoms with Crippen molar-refractivity contribution in [3.8, 4) is 0 Å². The molecule has 1 aromatic heterocycles. The highest BCUT2D eigenvalue weighted by molar-refractivity contribution is 5.91. The molecule has 0 spiro atoms. The van der Waals surface area contributed by atoms with Crippen molar-refractivity contribution >= 4 is 11.8 Å². The molecule has 156 valence electrons. The molecule has 2 aromatic carbocycles. The van der Waals surface area contributed by atoms with Crippen LogP contribution in [0.15, 0.2) is 53.1 Å². The number of hydrogen-bond acceptors (Lipinski definition) is 4. The maximum absolute atomic E-state index is 12.4. The number of nitrogens with one attached hydrogen (secondary N) is 2. The van der Waals surface area contributed by atoms with E-state index in [2.05, 4.69) is 28.6 Å². The fraction of sp³-hybridized carbons (Fsp3) is 0.292. The first-order chi connectivity index (χ1) is 14.3. The van der Waals surface area contributed by atoms with Gasteiger partial charge in [0.05, 0.1) is 6.42 Å². The Hall–Kier alpha value is -3.41. The molecule has 0 fully saturated rings. The van der Waals surface area contributed by atoms with Gasteiger partial charge in [-0.25, -0.2) is 4.98 Å². The molecule has 6 nitrogen and oxygen atoms in total. The Morgan fingerprint density at radius 2 is 1.83 bits per heavy atom. The van der Waals surface area contributed by atoms with Crippen LogP contribution in [0.5, 0.6) is 0 Å². The second kappa shape index (κ2) is 9.39. The van der Waals surface area contributed by atoms with Crippen LogP contribution in [-0.2, 0) is 17.8 Å². The van der Waals surface area contributed by atoms with Gasteiger partial charge in [-0.3, -0.25) is 9.59 Å². The highest BCUT2D eigenvalue weighted by Gasteiger charge is 2.18. The summed E-state index contributed by atoms with van der Waals surface area (Å²) in [5, 5.41) is 5.70. The molecule has 0 bridgehead atoms. The first-order valence-electron chi connectivity index (χ1n) is 9.96. The molecule has 1 atom stereocenters. The van der Waals surface area contributed by atoms with Crippen molar-refractivity contribution in [2.24, 2.45) is 0 Å². The smallest absolute Gasteiger partial charge is 0.273 e. The Labute approximate surface area is 176 Å². The van der Waals surface area contributed by atoms with Crippen LogP contribution in [0.1, 0.15) is 57.2 Å². The van der Waals surface area contributed by atoms with Crippen molar-refractivity contribution in [2.45, 2.75) is 46.7 Å². The van der Waals surface area contributed by atoms with E-state index >= 15 is 0 Å². The van der Waals surface area contributed by atoms with Crippen LogP contribution in [0.4, 0.5) is 0 Å². The van der Waals surface area contributed by atoms with Gasteiger partial charge in [0.15, 0.2) is 5.69 Å². The lowest BCUT2D eigenvalue weighted by atomic mass is 10.1. The van der Waals surface area contributed by atoms with Crippen LogP contribution in [0, 0.1) is 20.8 Å². The zero-order valence-corrected chi connectivity index (χ0v) is 17.8. The average Bonchev–Trinajstić information content (AvgIpc) is 3.19. The number of aromatic nitrogens is 1. The first-order valence-corrected chi connectivity index (χ1v) is 9.96. The molecule has 2 amide bonds. The van der Waals surface area contributed by atoms with Crippen molar-refractivity contribution in [1.82, 2.24) is 15.6 Å². The summed E-state index contributed by atoms with van der Waals surface area (Å²) in [5.41, 5.74) is 5.65. The van der Waals surface area contributed by atoms with E-state index < -0.39 is 6.04 Å². The molecule has 2 N–H and O–H groups in total. The highest BCUT2D eigenvalue weighted by atomic mass is 16.3. The van der Waals surface area contributed by atoms with E-state index in [4.69, 9.17) is 4.42 Å². The Morgan fingerprint density at radius 1 is 1.03 bits per heavy atom. The Balaban J connectivity index is 1.54. The number of hydrogen-bond donors (Lipinski definition) is 2. The van der Waals surface area contributed by atoms with E-state index in [1.165, 1.54) is 17.4 Å². The topological polar surface area (TPSA) is 84.2 Å². The van der Waals surface area contributed by atoms with Crippen LogP contribution >= 0.6 is 0 Å². The van der Waals surface area contributed by atoms with E-state index in [1.807, 2.05) is 50.2 Å². The maximum atomic E-state index is 12.4. The molecule has 0 aliphatic carbocycles. The first kappa shape index (κ1) is 21.3. The van der Waals surface area contributed by atoms with Crippen molar-refractivity contribution in [3.05, 3.63) is 88.1 Å². The van der Waals surface area contributed by atoms with Crippen LogP contribution in [-0.4, -0.2) is 16.8 Å². The summed E-state index contributed by atoms with van der Waals surface area (Å²) in [5.74, 6) is -0.155. The minimum atomic E-state index is -0.441. The highest BCUT2D eigenvalue weighted by Crippen LogP contribution is 2.14. The van der Waals surface area contributed by atoms with Gasteiger partial charge in [-0.2, -0.15) is 0 Å². The summed E-state index contributed by atoms with van der Waals surface area (Å²) in [6, 6.07) is 13.4. The molecule has 0 aliphatic heterocycles. The summed E-state index contributed by atoms with van der Waals surface area (Å²) in [6.07, 6.45) is 1.59. The monoisotopic (exact) mass is 405 g/mol. The lowest BCUT2D eigenvalue weighted by Gasteiger charge is -2.10. The van der Waals surface area contributed by atoms with Gasteiger partial charge in [-0.1, -0.05) is 48.0 Å². The molecule has 0 radical (unpaired) electrons. The van der Waals surface area contributed by atoms with E-state index in [1.54, 1.807) is 6.92 Å². The standard InChI is InChI=1S/C24H27N3O3/c1-15-6-5-7-19(10-15)12-22(28)26-18(4)24-27-21(14-30-24)23(29)25-13-20-9-8-16(2)17(3)11-20/h5-11,14,18H,12-13H2,1-4H3,(H,25,29)(H,26,28)/t18-/m0/s1. The lowest BCUT2D eigenvalue weighted by molar-refractivity contribution is -0.121. The Kier molecular flexibility index (Phi) is 6.67. The van der Waals surface area contributed by atoms with E-state index in [0.29, 0.717) is 12.4 Å². The quantitative estimate of drug-likeness (QED) is 0.623. The maximum Gasteiger partial charge on any atom is 0.273 e. The second-order valence-electron chi connectivity index (χ2n) is 7.63. The van der Waals surface area contributed by atoms with Gasteiger partial charge < -0.3 is 15.1 Å². The Bertz CT molecular complexity index is 1060. The summed E-state index contributed by atoms with van der Waals surface area (Å²) < 4.78 is 5.42. The summed E-state index contributed by atoms with van der Waals surface area (Å²) in [7, 11) is 0. The van der Waals surface area contributed by atoms with Gasteiger partial charge in [0.1, 0.15) is 12.3 Å². The molecule has 30 heavy (non-hydrogen) atoms. The zero-order chi connectivity index (χ0) is 21.7. The molecule has 3 aromatic rings. The minimum Gasteiger partial charge on any atom is -0.446 e. The summed E-state index contributed by atoms with van der Waals surface area (Å²) in [6.45, 7) is 8.26. The second-order valence-corrected chi connectivity index (χ2v) is 7.63. The SMILES string of the molecule is Cc1cccc(CC(=O)N[C@@H](C)c2nc(C(=O)NCc3ccc(C)c(C)c3)co2)c1. The molecule has 0 aliphatic rings. The molecule has 6 heteroatoms. The normalized spacial score (nSPS) is 11.7. The van der Waals surface area contributed by atoms with Gasteiger partial charge in [-0.05, 0) is 49.9 Å². The largest absolute Gasteiger partial charge is 0.446 e. The Morgan fingerprint density at radius 3 is 2.57 bits per heavy atom. The van der Waals surface area contributed by atoms with E-state index in [-0.39, 0.29) is 23.9 Å². The number of aryl methyl sites for hydroxylation is 3. The summed E-state index contributed by atoms with van der Waals surface area (Å²) >= 11 is 0. The van der Waals surface area contributed by atoms with Crippen molar-refractivity contribution in [1.29, 1.82) is 0 Å². The third-order valence-electron chi connectivity index (χ3n) is 4.97. The molecule has 0 unspecified atom stereocenters. The third kappa shape index (κ3) is 5.56. The molecule has 1 heterocycles. The fourth-order valence-corrected chi connectivity index (χ4v) is 3.14. The molecular weight excluding hydrogens is 378 g/mol.